The van der Waals surface area contributed by atoms with Gasteiger partial charge in [-0.05, 0) is 38.1 Å². The molecular weight excluding hydrogens is 390 g/mol. The predicted octanol–water partition coefficient (Wildman–Crippen LogP) is 3.35. The molecule has 3 atom stereocenters. The van der Waals surface area contributed by atoms with Crippen LogP contribution in [0.4, 0.5) is 18.4 Å². The molecule has 0 N–H and O–H groups in total. The van der Waals surface area contributed by atoms with Crippen molar-refractivity contribution in [1.29, 1.82) is 0 Å². The highest BCUT2D eigenvalue weighted by Gasteiger charge is 2.31. The van der Waals surface area contributed by atoms with Crippen LogP contribution in [0.5, 0.6) is 0 Å². The van der Waals surface area contributed by atoms with Gasteiger partial charge in [0.05, 0.1) is 18.8 Å². The number of halogens is 2. The molecular formula is C20H20F2O7. The Morgan fingerprint density at radius 2 is 1.79 bits per heavy atom. The molecule has 9 heteroatoms. The monoisotopic (exact) mass is 410 g/mol. The lowest BCUT2D eigenvalue weighted by molar-refractivity contribution is -0.0865. The molecule has 0 aromatic heterocycles. The highest BCUT2D eigenvalue weighted by atomic mass is 19.1. The van der Waals surface area contributed by atoms with Crippen LogP contribution in [0.25, 0.3) is 0 Å². The van der Waals surface area contributed by atoms with E-state index in [0.717, 1.165) is 12.1 Å². The second-order valence-electron chi connectivity index (χ2n) is 5.63. The maximum absolute atomic E-state index is 13.7. The number of carbonyl (C=O) groups is 2. The minimum absolute atomic E-state index is 0.00683. The molecule has 0 spiro atoms. The summed E-state index contributed by atoms with van der Waals surface area (Å²) in [5.41, 5.74) is -0.00683. The summed E-state index contributed by atoms with van der Waals surface area (Å²) in [6.45, 7) is 3.21. The van der Waals surface area contributed by atoms with E-state index in [1.807, 2.05) is 0 Å². The van der Waals surface area contributed by atoms with Crippen molar-refractivity contribution in [3.05, 3.63) is 47.5 Å². The zero-order valence-electron chi connectivity index (χ0n) is 15.9. The third-order valence-electron chi connectivity index (χ3n) is 3.57. The molecule has 0 amide bonds. The minimum atomic E-state index is -0.912. The molecule has 1 aliphatic heterocycles. The molecule has 1 aromatic rings. The highest BCUT2D eigenvalue weighted by Crippen LogP contribution is 2.18. The SMILES string of the molecule is CCOC(=O)OC[C@H]1O[C@H](C#Cc2ccc(F)cc2F)C=C[C@H]1OC(=O)OCC. The largest absolute Gasteiger partial charge is 0.508 e. The smallest absolute Gasteiger partial charge is 0.435 e. The van der Waals surface area contributed by atoms with E-state index in [1.165, 1.54) is 18.2 Å². The first-order valence-electron chi connectivity index (χ1n) is 8.86. The average Bonchev–Trinajstić information content (AvgIpc) is 2.67. The lowest BCUT2D eigenvalue weighted by Gasteiger charge is -2.29. The third-order valence-corrected chi connectivity index (χ3v) is 3.57. The number of benzene rings is 1. The summed E-state index contributed by atoms with van der Waals surface area (Å²) >= 11 is 0. The fraction of sp³-hybridized carbons (Fsp3) is 0.400. The Hall–Kier alpha value is -3.12. The number of hydrogen-bond acceptors (Lipinski definition) is 7. The van der Waals surface area contributed by atoms with Crippen LogP contribution in [0.15, 0.2) is 30.4 Å². The van der Waals surface area contributed by atoms with Crippen LogP contribution in [-0.2, 0) is 23.7 Å². The van der Waals surface area contributed by atoms with Gasteiger partial charge in [-0.3, -0.25) is 0 Å². The molecule has 0 radical (unpaired) electrons. The Morgan fingerprint density at radius 3 is 2.48 bits per heavy atom. The zero-order valence-corrected chi connectivity index (χ0v) is 15.9. The van der Waals surface area contributed by atoms with Gasteiger partial charge in [0.15, 0.2) is 6.10 Å². The number of ether oxygens (including phenoxy) is 5. The van der Waals surface area contributed by atoms with E-state index in [0.29, 0.717) is 0 Å². The van der Waals surface area contributed by atoms with Gasteiger partial charge in [0.1, 0.15) is 30.4 Å². The summed E-state index contributed by atoms with van der Waals surface area (Å²) in [5, 5.41) is 0. The molecule has 29 heavy (non-hydrogen) atoms. The molecule has 0 saturated carbocycles. The number of rotatable bonds is 5. The van der Waals surface area contributed by atoms with Crippen molar-refractivity contribution in [3.63, 3.8) is 0 Å². The topological polar surface area (TPSA) is 80.3 Å². The second-order valence-corrected chi connectivity index (χ2v) is 5.63. The quantitative estimate of drug-likeness (QED) is 0.418. The van der Waals surface area contributed by atoms with Crippen LogP contribution >= 0.6 is 0 Å². The van der Waals surface area contributed by atoms with Gasteiger partial charge in [-0.25, -0.2) is 18.4 Å². The Balaban J connectivity index is 2.10. The fourth-order valence-corrected chi connectivity index (χ4v) is 2.29. The van der Waals surface area contributed by atoms with Crippen molar-refractivity contribution in [2.24, 2.45) is 0 Å². The van der Waals surface area contributed by atoms with E-state index < -0.39 is 42.3 Å². The normalized spacial score (nSPS) is 20.2. The van der Waals surface area contributed by atoms with Gasteiger partial charge in [0.2, 0.25) is 0 Å². The molecule has 1 aromatic carbocycles. The fourth-order valence-electron chi connectivity index (χ4n) is 2.29. The molecule has 156 valence electrons. The lowest BCUT2D eigenvalue weighted by atomic mass is 10.1. The molecule has 0 unspecified atom stereocenters. The van der Waals surface area contributed by atoms with E-state index >= 15 is 0 Å². The lowest BCUT2D eigenvalue weighted by Crippen LogP contribution is -2.41. The molecule has 1 aliphatic rings. The van der Waals surface area contributed by atoms with Crippen LogP contribution in [0, 0.1) is 23.5 Å². The zero-order chi connectivity index (χ0) is 21.2. The van der Waals surface area contributed by atoms with Gasteiger partial charge in [-0.15, -0.1) is 0 Å². The first-order chi connectivity index (χ1) is 13.9. The van der Waals surface area contributed by atoms with E-state index in [9.17, 15) is 18.4 Å². The Bertz CT molecular complexity index is 813. The summed E-state index contributed by atoms with van der Waals surface area (Å²) in [7, 11) is 0. The predicted molar refractivity (Wildman–Crippen MR) is 95.9 cm³/mol. The standard InChI is InChI=1S/C20H20F2O7/c1-3-25-19(23)27-12-18-17(29-20(24)26-4-2)10-9-15(28-18)8-6-13-5-7-14(21)11-16(13)22/h5,7,9-11,15,17-18H,3-4,12H2,1-2H3/t15-,17-,18-/m1/s1. The summed E-state index contributed by atoms with van der Waals surface area (Å²) in [6.07, 6.45) is -1.42. The van der Waals surface area contributed by atoms with Crippen molar-refractivity contribution in [3.8, 4) is 11.8 Å². The van der Waals surface area contributed by atoms with Crippen LogP contribution in [-0.4, -0.2) is 50.4 Å². The van der Waals surface area contributed by atoms with Gasteiger partial charge in [0.25, 0.3) is 0 Å². The second kappa shape index (κ2) is 11.0. The van der Waals surface area contributed by atoms with Crippen molar-refractivity contribution in [2.75, 3.05) is 19.8 Å². The van der Waals surface area contributed by atoms with Crippen molar-refractivity contribution >= 4 is 12.3 Å². The Labute approximate surface area is 166 Å². The molecule has 2 rings (SSSR count). The third kappa shape index (κ3) is 7.08. The van der Waals surface area contributed by atoms with Crippen molar-refractivity contribution in [2.45, 2.75) is 32.2 Å². The first-order valence-corrected chi connectivity index (χ1v) is 8.86. The highest BCUT2D eigenvalue weighted by molar-refractivity contribution is 5.61. The van der Waals surface area contributed by atoms with Gasteiger partial charge in [-0.1, -0.05) is 11.8 Å². The minimum Gasteiger partial charge on any atom is -0.435 e. The molecule has 1 heterocycles. The van der Waals surface area contributed by atoms with E-state index in [2.05, 4.69) is 16.6 Å². The molecule has 0 bridgehead atoms. The molecule has 7 nitrogen and oxygen atoms in total. The average molecular weight is 410 g/mol. The van der Waals surface area contributed by atoms with Gasteiger partial charge in [-0.2, -0.15) is 0 Å². The van der Waals surface area contributed by atoms with E-state index in [1.54, 1.807) is 13.8 Å². The maximum Gasteiger partial charge on any atom is 0.508 e. The summed E-state index contributed by atoms with van der Waals surface area (Å²) < 4.78 is 51.8. The van der Waals surface area contributed by atoms with E-state index in [4.69, 9.17) is 18.9 Å². The van der Waals surface area contributed by atoms with Gasteiger partial charge in [0, 0.05) is 6.07 Å². The first kappa shape index (κ1) is 22.2. The van der Waals surface area contributed by atoms with Gasteiger partial charge < -0.3 is 23.7 Å². The van der Waals surface area contributed by atoms with Crippen LogP contribution in [0.3, 0.4) is 0 Å². The van der Waals surface area contributed by atoms with Crippen LogP contribution in [0.2, 0.25) is 0 Å². The van der Waals surface area contributed by atoms with Gasteiger partial charge >= 0.3 is 12.3 Å². The molecule has 0 aliphatic carbocycles. The van der Waals surface area contributed by atoms with Crippen LogP contribution < -0.4 is 0 Å². The Kier molecular flexibility index (Phi) is 8.43. The van der Waals surface area contributed by atoms with Crippen molar-refractivity contribution in [1.82, 2.24) is 0 Å². The molecule has 0 saturated heterocycles. The summed E-state index contributed by atoms with van der Waals surface area (Å²) in [5.74, 6) is 3.72. The Morgan fingerprint density at radius 1 is 1.07 bits per heavy atom. The van der Waals surface area contributed by atoms with Crippen molar-refractivity contribution < 1.29 is 42.1 Å². The van der Waals surface area contributed by atoms with E-state index in [-0.39, 0.29) is 25.4 Å². The summed E-state index contributed by atoms with van der Waals surface area (Å²) in [6, 6.07) is 3.02. The molecule has 0 fully saturated rings. The number of carbonyl (C=O) groups excluding carboxylic acids is 2. The summed E-state index contributed by atoms with van der Waals surface area (Å²) in [4.78, 5) is 23.0. The van der Waals surface area contributed by atoms with Crippen LogP contribution in [0.1, 0.15) is 19.4 Å². The maximum atomic E-state index is 13.7. The number of hydrogen-bond donors (Lipinski definition) is 0.